The molecule has 33 heavy (non-hydrogen) atoms. The lowest BCUT2D eigenvalue weighted by molar-refractivity contribution is -0.124. The summed E-state index contributed by atoms with van der Waals surface area (Å²) in [4.78, 5) is 29.5. The van der Waals surface area contributed by atoms with Crippen molar-refractivity contribution in [2.45, 2.75) is 38.0 Å². The third-order valence-electron chi connectivity index (χ3n) is 8.21. The van der Waals surface area contributed by atoms with E-state index < -0.39 is 22.7 Å². The van der Waals surface area contributed by atoms with Crippen LogP contribution in [0.25, 0.3) is 0 Å². The van der Waals surface area contributed by atoms with E-state index in [1.54, 1.807) is 0 Å². The second-order valence-electron chi connectivity index (χ2n) is 9.81. The molecule has 0 saturated carbocycles. The summed E-state index contributed by atoms with van der Waals surface area (Å²) in [5.74, 6) is -0.336. The number of carbonyl (C=O) groups excluding carboxylic acids is 2. The number of carbonyl (C=O) groups is 2. The van der Waals surface area contributed by atoms with Gasteiger partial charge in [0.1, 0.15) is 5.75 Å². The minimum Gasteiger partial charge on any atom is -0.494 e. The summed E-state index contributed by atoms with van der Waals surface area (Å²) in [6.45, 7) is 7.00. The van der Waals surface area contributed by atoms with Gasteiger partial charge in [-0.15, -0.1) is 0 Å². The van der Waals surface area contributed by atoms with E-state index >= 15 is 0 Å². The zero-order valence-corrected chi connectivity index (χ0v) is 19.2. The van der Waals surface area contributed by atoms with Crippen LogP contribution in [-0.4, -0.2) is 18.4 Å². The van der Waals surface area contributed by atoms with Crippen molar-refractivity contribution in [2.75, 3.05) is 11.5 Å². The van der Waals surface area contributed by atoms with Crippen molar-refractivity contribution in [1.29, 1.82) is 0 Å². The molecule has 3 aromatic carbocycles. The smallest absolute Gasteiger partial charge is 0.238 e. The van der Waals surface area contributed by atoms with E-state index in [0.29, 0.717) is 12.3 Å². The largest absolute Gasteiger partial charge is 0.494 e. The Bertz CT molecular complexity index is 1170. The van der Waals surface area contributed by atoms with Crippen LogP contribution in [0.2, 0.25) is 0 Å². The van der Waals surface area contributed by atoms with Crippen LogP contribution in [0.3, 0.4) is 0 Å². The SMILES string of the molecule is CCCOc1ccc(N2C(=O)[C@@H]3[C@H](C2=O)C2(C)c4ccccc4C3(C)c3ccccc32)cc1. The maximum atomic E-state index is 14.0. The van der Waals surface area contributed by atoms with Crippen molar-refractivity contribution < 1.29 is 14.3 Å². The number of hydrogen-bond acceptors (Lipinski definition) is 3. The van der Waals surface area contributed by atoms with E-state index in [9.17, 15) is 9.59 Å². The van der Waals surface area contributed by atoms with Crippen LogP contribution in [0.4, 0.5) is 5.69 Å². The third-order valence-corrected chi connectivity index (χ3v) is 8.21. The Kier molecular flexibility index (Phi) is 4.17. The summed E-state index contributed by atoms with van der Waals surface area (Å²) in [5, 5.41) is 0. The molecular formula is C29H27NO3. The lowest BCUT2D eigenvalue weighted by Crippen LogP contribution is -2.59. The summed E-state index contributed by atoms with van der Waals surface area (Å²) in [7, 11) is 0. The number of imide groups is 1. The molecule has 0 radical (unpaired) electrons. The van der Waals surface area contributed by atoms with E-state index in [-0.39, 0.29) is 11.8 Å². The maximum absolute atomic E-state index is 14.0. The van der Waals surface area contributed by atoms with Gasteiger partial charge in [0.15, 0.2) is 0 Å². The first kappa shape index (κ1) is 20.2. The van der Waals surface area contributed by atoms with Crippen molar-refractivity contribution in [3.05, 3.63) is 95.1 Å². The first-order valence-corrected chi connectivity index (χ1v) is 11.7. The van der Waals surface area contributed by atoms with Gasteiger partial charge in [-0.05, 0) is 52.9 Å². The van der Waals surface area contributed by atoms with E-state index in [2.05, 4.69) is 45.0 Å². The molecule has 2 bridgehead atoms. The lowest BCUT2D eigenvalue weighted by atomic mass is 9.42. The average molecular weight is 438 g/mol. The Morgan fingerprint density at radius 1 is 0.727 bits per heavy atom. The molecule has 3 aromatic rings. The standard InChI is InChI=1S/C29H27NO3/c1-4-17-33-19-15-13-18(14-16-19)30-26(31)24-25(27(30)32)29(3)22-11-7-5-9-20(22)28(24,2)21-10-6-8-12-23(21)29/h5-16,24-25H,4,17H2,1-3H3/t24-,25+,28?,29?. The van der Waals surface area contributed by atoms with E-state index in [0.717, 1.165) is 12.2 Å². The van der Waals surface area contributed by atoms with Gasteiger partial charge in [-0.2, -0.15) is 0 Å². The molecule has 166 valence electrons. The van der Waals surface area contributed by atoms with Gasteiger partial charge in [0, 0.05) is 10.8 Å². The van der Waals surface area contributed by atoms with Crippen molar-refractivity contribution in [3.8, 4) is 5.75 Å². The van der Waals surface area contributed by atoms with Crippen LogP contribution in [0.15, 0.2) is 72.8 Å². The molecule has 1 aliphatic heterocycles. The highest BCUT2D eigenvalue weighted by molar-refractivity contribution is 6.24. The van der Waals surface area contributed by atoms with E-state index in [1.807, 2.05) is 48.5 Å². The number of rotatable bonds is 4. The van der Waals surface area contributed by atoms with Crippen molar-refractivity contribution in [2.24, 2.45) is 11.8 Å². The van der Waals surface area contributed by atoms with Gasteiger partial charge in [0.25, 0.3) is 0 Å². The van der Waals surface area contributed by atoms with E-state index in [1.165, 1.54) is 27.2 Å². The molecule has 1 heterocycles. The molecular weight excluding hydrogens is 410 g/mol. The summed E-state index contributed by atoms with van der Waals surface area (Å²) in [6.07, 6.45) is 0.923. The molecule has 4 heteroatoms. The molecule has 0 N–H and O–H groups in total. The number of amides is 2. The highest BCUT2D eigenvalue weighted by Crippen LogP contribution is 2.66. The molecule has 0 aromatic heterocycles. The summed E-state index contributed by atoms with van der Waals surface area (Å²) >= 11 is 0. The quantitative estimate of drug-likeness (QED) is 0.526. The van der Waals surface area contributed by atoms with Gasteiger partial charge in [-0.3, -0.25) is 9.59 Å². The highest BCUT2D eigenvalue weighted by Gasteiger charge is 2.70. The molecule has 0 unspecified atom stereocenters. The van der Waals surface area contributed by atoms with Crippen LogP contribution in [0, 0.1) is 11.8 Å². The number of nitrogens with zero attached hydrogens (tertiary/aromatic N) is 1. The van der Waals surface area contributed by atoms with E-state index in [4.69, 9.17) is 4.74 Å². The van der Waals surface area contributed by atoms with Crippen LogP contribution in [-0.2, 0) is 20.4 Å². The second kappa shape index (κ2) is 6.80. The first-order valence-electron chi connectivity index (χ1n) is 11.7. The number of hydrogen-bond donors (Lipinski definition) is 0. The monoisotopic (exact) mass is 437 g/mol. The topological polar surface area (TPSA) is 46.6 Å². The zero-order chi connectivity index (χ0) is 23.0. The van der Waals surface area contributed by atoms with Crippen molar-refractivity contribution in [1.82, 2.24) is 0 Å². The molecule has 1 fully saturated rings. The Morgan fingerprint density at radius 3 is 1.55 bits per heavy atom. The highest BCUT2D eigenvalue weighted by atomic mass is 16.5. The predicted octanol–water partition coefficient (Wildman–Crippen LogP) is 5.22. The van der Waals surface area contributed by atoms with Gasteiger partial charge in [-0.25, -0.2) is 4.90 Å². The van der Waals surface area contributed by atoms with Crippen LogP contribution < -0.4 is 9.64 Å². The van der Waals surface area contributed by atoms with Gasteiger partial charge >= 0.3 is 0 Å². The Balaban J connectivity index is 1.52. The fourth-order valence-electron chi connectivity index (χ4n) is 6.74. The first-order chi connectivity index (χ1) is 15.9. The fourth-order valence-corrected chi connectivity index (χ4v) is 6.74. The molecule has 7 rings (SSSR count). The number of ether oxygens (including phenoxy) is 1. The molecule has 4 nitrogen and oxygen atoms in total. The van der Waals surface area contributed by atoms with Crippen LogP contribution in [0.1, 0.15) is 49.4 Å². The molecule has 4 aliphatic rings. The van der Waals surface area contributed by atoms with Crippen molar-refractivity contribution >= 4 is 17.5 Å². The molecule has 3 aliphatic carbocycles. The van der Waals surface area contributed by atoms with Crippen LogP contribution >= 0.6 is 0 Å². The Morgan fingerprint density at radius 2 is 1.15 bits per heavy atom. The van der Waals surface area contributed by atoms with Gasteiger partial charge in [-0.1, -0.05) is 69.3 Å². The molecule has 0 spiro atoms. The summed E-state index contributed by atoms with van der Waals surface area (Å²) in [6, 6.07) is 24.1. The van der Waals surface area contributed by atoms with Crippen LogP contribution in [0.5, 0.6) is 5.75 Å². The molecule has 2 atom stereocenters. The molecule has 2 amide bonds. The minimum atomic E-state index is -0.554. The number of benzene rings is 3. The average Bonchev–Trinajstić information content (AvgIpc) is 3.12. The Labute approximate surface area is 194 Å². The zero-order valence-electron chi connectivity index (χ0n) is 19.2. The van der Waals surface area contributed by atoms with Gasteiger partial charge < -0.3 is 4.74 Å². The minimum absolute atomic E-state index is 0.107. The van der Waals surface area contributed by atoms with Crippen molar-refractivity contribution in [3.63, 3.8) is 0 Å². The van der Waals surface area contributed by atoms with Gasteiger partial charge in [0.05, 0.1) is 24.1 Å². The third kappa shape index (κ3) is 2.36. The maximum Gasteiger partial charge on any atom is 0.238 e. The second-order valence-corrected chi connectivity index (χ2v) is 9.81. The molecule has 1 saturated heterocycles. The Hall–Kier alpha value is -3.40. The lowest BCUT2D eigenvalue weighted by Gasteiger charge is -2.57. The summed E-state index contributed by atoms with van der Waals surface area (Å²) in [5.41, 5.74) is 4.17. The predicted molar refractivity (Wildman–Crippen MR) is 127 cm³/mol. The fraction of sp³-hybridized carbons (Fsp3) is 0.310. The number of anilines is 1. The summed E-state index contributed by atoms with van der Waals surface area (Å²) < 4.78 is 5.69. The van der Waals surface area contributed by atoms with Gasteiger partial charge in [0.2, 0.25) is 11.8 Å². The normalized spacial score (nSPS) is 29.0.